The fourth-order valence-electron chi connectivity index (χ4n) is 2.74. The number of carbonyl (C=O) groups is 1. The molecule has 2 fully saturated rings. The molecule has 0 saturated carbocycles. The van der Waals surface area contributed by atoms with Crippen molar-refractivity contribution in [2.45, 2.75) is 0 Å². The number of benzene rings is 1. The molecule has 0 spiro atoms. The van der Waals surface area contributed by atoms with Crippen molar-refractivity contribution in [1.82, 2.24) is 5.32 Å². The number of anilines is 1. The van der Waals surface area contributed by atoms with Crippen LogP contribution in [0.5, 0.6) is 0 Å². The van der Waals surface area contributed by atoms with Crippen molar-refractivity contribution in [1.29, 1.82) is 0 Å². The first-order valence-electron chi connectivity index (χ1n) is 5.99. The zero-order valence-corrected chi connectivity index (χ0v) is 10.3. The lowest BCUT2D eigenvalue weighted by Crippen LogP contribution is -2.57. The number of fused-ring (bicyclic) bond motifs is 2. The summed E-state index contributed by atoms with van der Waals surface area (Å²) in [6.45, 7) is 3.28. The van der Waals surface area contributed by atoms with Crippen LogP contribution in [0.15, 0.2) is 24.3 Å². The maximum absolute atomic E-state index is 12.0. The molecule has 17 heavy (non-hydrogen) atoms. The maximum Gasteiger partial charge on any atom is 0.145 e. The average molecular weight is 251 g/mol. The van der Waals surface area contributed by atoms with Crippen LogP contribution in [0.1, 0.15) is 0 Å². The molecule has 1 N–H and O–H groups in total. The first-order chi connectivity index (χ1) is 8.24. The third kappa shape index (κ3) is 2.05. The van der Waals surface area contributed by atoms with Crippen LogP contribution in [0, 0.1) is 11.8 Å². The molecular formula is C13H15ClN2O. The second-order valence-corrected chi connectivity index (χ2v) is 5.27. The Bertz CT molecular complexity index is 416. The number of Topliss-reactive ketones (excluding diaryl/α,β-unsaturated/α-hetero) is 1. The minimum atomic E-state index is 0.151. The molecule has 90 valence electrons. The van der Waals surface area contributed by atoms with Gasteiger partial charge in [-0.2, -0.15) is 0 Å². The SMILES string of the molecule is O=C1C2CNCC1CN(c1ccc(Cl)cc1)C2. The molecule has 2 saturated heterocycles. The average Bonchev–Trinajstić information content (AvgIpc) is 2.30. The summed E-state index contributed by atoms with van der Waals surface area (Å²) in [6, 6.07) is 7.87. The molecule has 0 amide bonds. The molecule has 2 aliphatic rings. The zero-order valence-electron chi connectivity index (χ0n) is 9.53. The number of nitrogens with one attached hydrogen (secondary N) is 1. The molecule has 3 rings (SSSR count). The Morgan fingerprint density at radius 1 is 1.12 bits per heavy atom. The van der Waals surface area contributed by atoms with E-state index in [9.17, 15) is 4.79 Å². The Labute approximate surface area is 106 Å². The van der Waals surface area contributed by atoms with Gasteiger partial charge in [0, 0.05) is 48.7 Å². The first-order valence-corrected chi connectivity index (χ1v) is 6.37. The van der Waals surface area contributed by atoms with Gasteiger partial charge in [0.25, 0.3) is 0 Å². The normalized spacial score (nSPS) is 28.3. The van der Waals surface area contributed by atoms with E-state index in [0.29, 0.717) is 5.78 Å². The van der Waals surface area contributed by atoms with E-state index in [1.807, 2.05) is 24.3 Å². The fraction of sp³-hybridized carbons (Fsp3) is 0.462. The smallest absolute Gasteiger partial charge is 0.145 e. The van der Waals surface area contributed by atoms with Crippen LogP contribution < -0.4 is 10.2 Å². The van der Waals surface area contributed by atoms with Gasteiger partial charge in [-0.3, -0.25) is 4.79 Å². The van der Waals surface area contributed by atoms with Crippen LogP contribution in [0.2, 0.25) is 5.02 Å². The molecule has 2 unspecified atom stereocenters. The van der Waals surface area contributed by atoms with Gasteiger partial charge in [0.05, 0.1) is 0 Å². The number of nitrogens with zero attached hydrogens (tertiary/aromatic N) is 1. The van der Waals surface area contributed by atoms with Gasteiger partial charge in [-0.1, -0.05) is 11.6 Å². The predicted octanol–water partition coefficient (Wildman–Crippen LogP) is 1.56. The molecule has 0 radical (unpaired) electrons. The van der Waals surface area contributed by atoms with E-state index in [1.165, 1.54) is 5.69 Å². The van der Waals surface area contributed by atoms with Crippen molar-refractivity contribution in [3.8, 4) is 0 Å². The van der Waals surface area contributed by atoms with Gasteiger partial charge in [0.1, 0.15) is 5.78 Å². The molecule has 1 aromatic rings. The van der Waals surface area contributed by atoms with Gasteiger partial charge < -0.3 is 10.2 Å². The Morgan fingerprint density at radius 2 is 1.71 bits per heavy atom. The van der Waals surface area contributed by atoms with Crippen molar-refractivity contribution >= 4 is 23.1 Å². The van der Waals surface area contributed by atoms with E-state index < -0.39 is 0 Å². The number of hydrogen-bond donors (Lipinski definition) is 1. The summed E-state index contributed by atoms with van der Waals surface area (Å²) in [5.41, 5.74) is 1.17. The summed E-state index contributed by atoms with van der Waals surface area (Å²) < 4.78 is 0. The summed E-state index contributed by atoms with van der Waals surface area (Å²) in [5, 5.41) is 4.08. The van der Waals surface area contributed by atoms with Crippen LogP contribution in [0.4, 0.5) is 5.69 Å². The van der Waals surface area contributed by atoms with Crippen molar-refractivity contribution < 1.29 is 4.79 Å². The fourth-order valence-corrected chi connectivity index (χ4v) is 2.87. The van der Waals surface area contributed by atoms with E-state index in [2.05, 4.69) is 10.2 Å². The Morgan fingerprint density at radius 3 is 2.29 bits per heavy atom. The van der Waals surface area contributed by atoms with Crippen LogP contribution >= 0.6 is 11.6 Å². The van der Waals surface area contributed by atoms with Gasteiger partial charge in [-0.05, 0) is 24.3 Å². The molecule has 4 heteroatoms. The van der Waals surface area contributed by atoms with Crippen molar-refractivity contribution in [3.05, 3.63) is 29.3 Å². The van der Waals surface area contributed by atoms with Gasteiger partial charge >= 0.3 is 0 Å². The van der Waals surface area contributed by atoms with Gasteiger partial charge in [0.2, 0.25) is 0 Å². The third-order valence-electron chi connectivity index (χ3n) is 3.66. The van der Waals surface area contributed by atoms with E-state index in [4.69, 9.17) is 11.6 Å². The largest absolute Gasteiger partial charge is 0.370 e. The summed E-state index contributed by atoms with van der Waals surface area (Å²) in [5.74, 6) is 0.741. The molecule has 0 aromatic heterocycles. The topological polar surface area (TPSA) is 32.3 Å². The van der Waals surface area contributed by atoms with Crippen LogP contribution in [0.25, 0.3) is 0 Å². The highest BCUT2D eigenvalue weighted by Gasteiger charge is 2.37. The van der Waals surface area contributed by atoms with E-state index >= 15 is 0 Å². The molecule has 2 bridgehead atoms. The highest BCUT2D eigenvalue weighted by atomic mass is 35.5. The first kappa shape index (κ1) is 11.1. The highest BCUT2D eigenvalue weighted by molar-refractivity contribution is 6.30. The van der Waals surface area contributed by atoms with Crippen LogP contribution in [0.3, 0.4) is 0 Å². The zero-order chi connectivity index (χ0) is 11.8. The van der Waals surface area contributed by atoms with E-state index in [0.717, 1.165) is 31.2 Å². The van der Waals surface area contributed by atoms with Gasteiger partial charge in [-0.25, -0.2) is 0 Å². The summed E-state index contributed by atoms with van der Waals surface area (Å²) in [4.78, 5) is 14.3. The van der Waals surface area contributed by atoms with Crippen molar-refractivity contribution in [3.63, 3.8) is 0 Å². The molecule has 3 nitrogen and oxygen atoms in total. The standard InChI is InChI=1S/C13H15ClN2O/c14-11-1-3-12(4-2-11)16-7-9-5-15-6-10(8-16)13(9)17/h1-4,9-10,15H,5-8H2. The Hall–Kier alpha value is -1.06. The quantitative estimate of drug-likeness (QED) is 0.821. The van der Waals surface area contributed by atoms with Crippen molar-refractivity contribution in [2.24, 2.45) is 11.8 Å². The number of piperidine rings is 2. The number of halogens is 1. The van der Waals surface area contributed by atoms with Gasteiger partial charge in [-0.15, -0.1) is 0 Å². The molecule has 2 aliphatic heterocycles. The monoisotopic (exact) mass is 250 g/mol. The minimum absolute atomic E-state index is 0.151. The van der Waals surface area contributed by atoms with E-state index in [-0.39, 0.29) is 11.8 Å². The molecular weight excluding hydrogens is 236 g/mol. The van der Waals surface area contributed by atoms with E-state index in [1.54, 1.807) is 0 Å². The Kier molecular flexibility index (Phi) is 2.81. The van der Waals surface area contributed by atoms with Crippen molar-refractivity contribution in [2.75, 3.05) is 31.1 Å². The number of rotatable bonds is 1. The summed E-state index contributed by atoms with van der Waals surface area (Å²) in [7, 11) is 0. The number of ketones is 1. The summed E-state index contributed by atoms with van der Waals surface area (Å²) in [6.07, 6.45) is 0. The minimum Gasteiger partial charge on any atom is -0.370 e. The molecule has 2 heterocycles. The second-order valence-electron chi connectivity index (χ2n) is 4.84. The van der Waals surface area contributed by atoms with Crippen LogP contribution in [-0.2, 0) is 4.79 Å². The van der Waals surface area contributed by atoms with Gasteiger partial charge in [0.15, 0.2) is 0 Å². The lowest BCUT2D eigenvalue weighted by Gasteiger charge is -2.41. The van der Waals surface area contributed by atoms with Crippen LogP contribution in [-0.4, -0.2) is 32.0 Å². The molecule has 2 atom stereocenters. The molecule has 0 aliphatic carbocycles. The molecule has 1 aromatic carbocycles. The number of carbonyl (C=O) groups excluding carboxylic acids is 1. The second kappa shape index (κ2) is 4.31. The lowest BCUT2D eigenvalue weighted by molar-refractivity contribution is -0.129. The lowest BCUT2D eigenvalue weighted by atomic mass is 9.84. The predicted molar refractivity (Wildman–Crippen MR) is 68.5 cm³/mol. The highest BCUT2D eigenvalue weighted by Crippen LogP contribution is 2.27. The number of hydrogen-bond acceptors (Lipinski definition) is 3. The third-order valence-corrected chi connectivity index (χ3v) is 3.91. The Balaban J connectivity index is 1.82. The summed E-state index contributed by atoms with van der Waals surface area (Å²) >= 11 is 5.89. The maximum atomic E-state index is 12.0.